The lowest BCUT2D eigenvalue weighted by Crippen LogP contribution is -2.27. The molecule has 1 amide bonds. The summed E-state index contributed by atoms with van der Waals surface area (Å²) in [6.07, 6.45) is 4.96. The minimum Gasteiger partial charge on any atom is -0.492 e. The van der Waals surface area contributed by atoms with Crippen molar-refractivity contribution in [2.45, 2.75) is 57.1 Å². The van der Waals surface area contributed by atoms with Gasteiger partial charge in [-0.2, -0.15) is 17.7 Å². The first kappa shape index (κ1) is 20.2. The number of aliphatic carboxylic acids is 1. The Morgan fingerprint density at radius 3 is 2.88 bits per heavy atom. The molecule has 0 aliphatic heterocycles. The third kappa shape index (κ3) is 6.67. The molecule has 0 aromatic carbocycles. The first-order valence-electron chi connectivity index (χ1n) is 8.66. The summed E-state index contributed by atoms with van der Waals surface area (Å²) in [7, 11) is 0. The second-order valence-electron chi connectivity index (χ2n) is 6.96. The molecule has 2 rings (SSSR count). The van der Waals surface area contributed by atoms with Crippen LogP contribution in [0, 0.1) is 0 Å². The van der Waals surface area contributed by atoms with Crippen LogP contribution >= 0.6 is 12.6 Å². The number of carboxylic acids is 1. The predicted octanol–water partition coefficient (Wildman–Crippen LogP) is 2.58. The summed E-state index contributed by atoms with van der Waals surface area (Å²) >= 11 is 4.35. The summed E-state index contributed by atoms with van der Waals surface area (Å²) in [5, 5.41) is 12.9. The van der Waals surface area contributed by atoms with Crippen molar-refractivity contribution in [1.82, 2.24) is 10.4 Å². The highest BCUT2D eigenvalue weighted by atomic mass is 32.1. The summed E-state index contributed by atoms with van der Waals surface area (Å²) in [5.41, 5.74) is 5.15. The number of nitrogens with zero attached hydrogens (tertiary/aromatic N) is 2. The highest BCUT2D eigenvalue weighted by Gasteiger charge is 2.20. The summed E-state index contributed by atoms with van der Waals surface area (Å²) in [6, 6.07) is 1.91. The van der Waals surface area contributed by atoms with Gasteiger partial charge in [0.05, 0.1) is 24.2 Å². The van der Waals surface area contributed by atoms with Crippen molar-refractivity contribution < 1.29 is 19.4 Å². The van der Waals surface area contributed by atoms with E-state index in [0.29, 0.717) is 18.8 Å². The lowest BCUT2D eigenvalue weighted by Gasteiger charge is -2.19. The number of hydrazone groups is 1. The summed E-state index contributed by atoms with van der Waals surface area (Å²) < 4.78 is 5.18. The molecule has 142 valence electrons. The maximum Gasteiger partial charge on any atom is 0.303 e. The van der Waals surface area contributed by atoms with Gasteiger partial charge in [0, 0.05) is 17.6 Å². The van der Waals surface area contributed by atoms with Gasteiger partial charge in [0.15, 0.2) is 0 Å². The van der Waals surface area contributed by atoms with Crippen molar-refractivity contribution in [3.8, 4) is 5.75 Å². The van der Waals surface area contributed by atoms with Crippen LogP contribution in [0.3, 0.4) is 0 Å². The maximum atomic E-state index is 11.9. The molecule has 7 nitrogen and oxygen atoms in total. The van der Waals surface area contributed by atoms with Crippen LogP contribution in [-0.4, -0.2) is 39.0 Å². The van der Waals surface area contributed by atoms with Crippen molar-refractivity contribution in [2.75, 3.05) is 6.61 Å². The van der Waals surface area contributed by atoms with Crippen LogP contribution in [0.5, 0.6) is 5.75 Å². The topological polar surface area (TPSA) is 101 Å². The van der Waals surface area contributed by atoms with E-state index < -0.39 is 5.97 Å². The lowest BCUT2D eigenvalue weighted by atomic mass is 9.94. The van der Waals surface area contributed by atoms with Crippen molar-refractivity contribution >= 4 is 30.2 Å². The number of pyridine rings is 1. The molecular formula is C18H25N3O4S. The summed E-state index contributed by atoms with van der Waals surface area (Å²) in [4.78, 5) is 26.9. The highest BCUT2D eigenvalue weighted by molar-refractivity contribution is 7.81. The number of carboxylic acid groups (broad SMARTS) is 1. The average Bonchev–Trinajstić information content (AvgIpc) is 2.55. The molecule has 1 aliphatic rings. The number of ether oxygens (including phenoxy) is 1. The van der Waals surface area contributed by atoms with Gasteiger partial charge >= 0.3 is 5.97 Å². The largest absolute Gasteiger partial charge is 0.492 e. The van der Waals surface area contributed by atoms with Crippen LogP contribution < -0.4 is 10.2 Å². The molecule has 1 heterocycles. The number of hydrogen-bond acceptors (Lipinski definition) is 6. The SMILES string of the molecule is CC(C)(S)CC(=O)N/N=C1\CCCc2cc(OCCCC(=O)O)cnc21. The molecule has 1 aromatic rings. The van der Waals surface area contributed by atoms with Crippen LogP contribution in [0.15, 0.2) is 17.4 Å². The van der Waals surface area contributed by atoms with E-state index in [1.807, 2.05) is 19.9 Å². The van der Waals surface area contributed by atoms with Gasteiger partial charge in [-0.05, 0) is 37.3 Å². The van der Waals surface area contributed by atoms with Crippen LogP contribution in [-0.2, 0) is 16.0 Å². The number of rotatable bonds is 8. The second-order valence-corrected chi connectivity index (χ2v) is 8.17. The van der Waals surface area contributed by atoms with Crippen LogP contribution in [0.25, 0.3) is 0 Å². The Hall–Kier alpha value is -2.09. The zero-order chi connectivity index (χ0) is 19.2. The Morgan fingerprint density at radius 2 is 2.19 bits per heavy atom. The molecule has 0 spiro atoms. The minimum atomic E-state index is -0.832. The zero-order valence-corrected chi connectivity index (χ0v) is 16.0. The van der Waals surface area contributed by atoms with Gasteiger partial charge < -0.3 is 9.84 Å². The van der Waals surface area contributed by atoms with E-state index in [4.69, 9.17) is 9.84 Å². The van der Waals surface area contributed by atoms with Gasteiger partial charge in [0.2, 0.25) is 5.91 Å². The number of amides is 1. The number of thiol groups is 1. The molecule has 8 heteroatoms. The van der Waals surface area contributed by atoms with Gasteiger partial charge in [-0.1, -0.05) is 13.8 Å². The molecule has 2 N–H and O–H groups in total. The Morgan fingerprint density at radius 1 is 1.42 bits per heavy atom. The van der Waals surface area contributed by atoms with Gasteiger partial charge in [0.25, 0.3) is 0 Å². The Kier molecular flexibility index (Phi) is 7.02. The van der Waals surface area contributed by atoms with E-state index >= 15 is 0 Å². The molecule has 0 unspecified atom stereocenters. The third-order valence-electron chi connectivity index (χ3n) is 3.79. The molecule has 26 heavy (non-hydrogen) atoms. The molecular weight excluding hydrogens is 354 g/mol. The molecule has 0 saturated carbocycles. The second kappa shape index (κ2) is 9.02. The molecule has 0 atom stereocenters. The average molecular weight is 379 g/mol. The number of carbonyl (C=O) groups excluding carboxylic acids is 1. The van der Waals surface area contributed by atoms with Crippen LogP contribution in [0.1, 0.15) is 57.2 Å². The number of carbonyl (C=O) groups is 2. The normalized spacial score (nSPS) is 15.4. The molecule has 1 aromatic heterocycles. The first-order valence-corrected chi connectivity index (χ1v) is 9.11. The van der Waals surface area contributed by atoms with Crippen molar-refractivity contribution in [3.05, 3.63) is 23.5 Å². The summed E-state index contributed by atoms with van der Waals surface area (Å²) in [6.45, 7) is 4.08. The Bertz CT molecular complexity index is 698. The molecule has 0 radical (unpaired) electrons. The number of aromatic nitrogens is 1. The molecule has 0 saturated heterocycles. The quantitative estimate of drug-likeness (QED) is 0.366. The Balaban J connectivity index is 1.99. The van der Waals surface area contributed by atoms with Crippen molar-refractivity contribution in [2.24, 2.45) is 5.10 Å². The number of hydrogen-bond donors (Lipinski definition) is 3. The first-order chi connectivity index (χ1) is 12.2. The fourth-order valence-corrected chi connectivity index (χ4v) is 2.81. The number of nitrogens with one attached hydrogen (secondary N) is 1. The zero-order valence-electron chi connectivity index (χ0n) is 15.1. The highest BCUT2D eigenvalue weighted by Crippen LogP contribution is 2.24. The van der Waals surface area contributed by atoms with E-state index in [1.165, 1.54) is 0 Å². The van der Waals surface area contributed by atoms with Gasteiger partial charge in [-0.3, -0.25) is 14.6 Å². The fraction of sp³-hybridized carbons (Fsp3) is 0.556. The van der Waals surface area contributed by atoms with E-state index in [-0.39, 0.29) is 23.5 Å². The van der Waals surface area contributed by atoms with Gasteiger partial charge in [0.1, 0.15) is 5.75 Å². The number of fused-ring (bicyclic) bond motifs is 1. The fourth-order valence-electron chi connectivity index (χ4n) is 2.67. The molecule has 1 aliphatic carbocycles. The van der Waals surface area contributed by atoms with Crippen molar-refractivity contribution in [3.63, 3.8) is 0 Å². The van der Waals surface area contributed by atoms with Gasteiger partial charge in [-0.15, -0.1) is 0 Å². The summed E-state index contributed by atoms with van der Waals surface area (Å²) in [5.74, 6) is -0.388. The monoisotopic (exact) mass is 379 g/mol. The lowest BCUT2D eigenvalue weighted by molar-refractivity contribution is -0.137. The Labute approximate surface area is 158 Å². The van der Waals surface area contributed by atoms with Crippen molar-refractivity contribution in [1.29, 1.82) is 0 Å². The minimum absolute atomic E-state index is 0.0813. The predicted molar refractivity (Wildman–Crippen MR) is 102 cm³/mol. The van der Waals surface area contributed by atoms with E-state index in [2.05, 4.69) is 28.1 Å². The van der Waals surface area contributed by atoms with E-state index in [0.717, 1.165) is 36.2 Å². The van der Waals surface area contributed by atoms with E-state index in [9.17, 15) is 9.59 Å². The van der Waals surface area contributed by atoms with Crippen LogP contribution in [0.4, 0.5) is 0 Å². The maximum absolute atomic E-state index is 11.9. The smallest absolute Gasteiger partial charge is 0.303 e. The molecule has 0 fully saturated rings. The van der Waals surface area contributed by atoms with Gasteiger partial charge in [-0.25, -0.2) is 5.43 Å². The number of aryl methyl sites for hydroxylation is 1. The standard InChI is InChI=1S/C18H25N3O4S/c1-18(2,26)10-15(22)21-20-14-6-3-5-12-9-13(11-19-17(12)14)25-8-4-7-16(23)24/h9,11,26H,3-8,10H2,1-2H3,(H,21,22)(H,23,24)/b20-14+. The van der Waals surface area contributed by atoms with E-state index in [1.54, 1.807) is 6.20 Å². The molecule has 0 bridgehead atoms. The third-order valence-corrected chi connectivity index (χ3v) is 3.95. The van der Waals surface area contributed by atoms with Crippen LogP contribution in [0.2, 0.25) is 0 Å².